The minimum Gasteiger partial charge on any atom is -0.452 e. The predicted octanol–water partition coefficient (Wildman–Crippen LogP) is 1.44. The van der Waals surface area contributed by atoms with Crippen molar-refractivity contribution < 1.29 is 24.0 Å². The lowest BCUT2D eigenvalue weighted by Gasteiger charge is -2.16. The maximum atomic E-state index is 12.2. The van der Waals surface area contributed by atoms with E-state index in [0.29, 0.717) is 12.1 Å². The molecule has 0 heterocycles. The van der Waals surface area contributed by atoms with Crippen LogP contribution in [0.4, 0.5) is 16.2 Å². The largest absolute Gasteiger partial charge is 0.452 e. The molecule has 0 bridgehead atoms. The van der Waals surface area contributed by atoms with E-state index in [1.54, 1.807) is 25.9 Å². The Morgan fingerprint density at radius 2 is 1.96 bits per heavy atom. The number of nitrogens with zero attached hydrogens (tertiary/aromatic N) is 2. The summed E-state index contributed by atoms with van der Waals surface area (Å²) in [4.78, 5) is 47.3. The molecule has 0 aliphatic rings. The Morgan fingerprint density at radius 3 is 2.50 bits per heavy atom. The Hall–Kier alpha value is -3.17. The molecule has 0 aliphatic carbocycles. The van der Waals surface area contributed by atoms with Gasteiger partial charge in [-0.05, 0) is 19.4 Å². The zero-order valence-corrected chi connectivity index (χ0v) is 15.1. The SMILES string of the molecule is CC[C@@H](C)NC(=O)NC(=O)COC(=O)c1cc([N+](=O)[O-])ccc1N(C)C. The molecule has 142 valence electrons. The molecule has 0 aromatic heterocycles. The fraction of sp³-hybridized carbons (Fsp3) is 0.438. The van der Waals surface area contributed by atoms with E-state index in [1.165, 1.54) is 12.1 Å². The Balaban J connectivity index is 2.75. The van der Waals surface area contributed by atoms with Gasteiger partial charge < -0.3 is 15.0 Å². The van der Waals surface area contributed by atoms with Crippen molar-refractivity contribution in [3.8, 4) is 0 Å². The molecular weight excluding hydrogens is 344 g/mol. The van der Waals surface area contributed by atoms with Crippen LogP contribution in [0.15, 0.2) is 18.2 Å². The minimum atomic E-state index is -0.908. The molecule has 10 nitrogen and oxygen atoms in total. The molecule has 0 unspecified atom stereocenters. The second kappa shape index (κ2) is 9.35. The first-order valence-corrected chi connectivity index (χ1v) is 7.88. The van der Waals surface area contributed by atoms with Crippen molar-refractivity contribution >= 4 is 29.3 Å². The first-order valence-electron chi connectivity index (χ1n) is 7.88. The highest BCUT2D eigenvalue weighted by Crippen LogP contribution is 2.24. The van der Waals surface area contributed by atoms with Gasteiger partial charge in [-0.1, -0.05) is 6.92 Å². The van der Waals surface area contributed by atoms with Gasteiger partial charge in [0.1, 0.15) is 0 Å². The smallest absolute Gasteiger partial charge is 0.341 e. The summed E-state index contributed by atoms with van der Waals surface area (Å²) in [7, 11) is 3.31. The summed E-state index contributed by atoms with van der Waals surface area (Å²) in [6.07, 6.45) is 0.691. The Bertz CT molecular complexity index is 704. The van der Waals surface area contributed by atoms with Crippen molar-refractivity contribution in [2.45, 2.75) is 26.3 Å². The third kappa shape index (κ3) is 6.04. The van der Waals surface area contributed by atoms with Crippen LogP contribution in [0.25, 0.3) is 0 Å². The molecule has 1 aromatic rings. The monoisotopic (exact) mass is 366 g/mol. The molecule has 0 saturated heterocycles. The Morgan fingerprint density at radius 1 is 1.31 bits per heavy atom. The Labute approximate surface area is 150 Å². The minimum absolute atomic E-state index is 0.0546. The average Bonchev–Trinajstić information content (AvgIpc) is 2.58. The summed E-state index contributed by atoms with van der Waals surface area (Å²) in [6, 6.07) is 2.94. The molecule has 0 aliphatic heterocycles. The highest BCUT2D eigenvalue weighted by Gasteiger charge is 2.20. The molecule has 0 radical (unpaired) electrons. The van der Waals surface area contributed by atoms with E-state index in [9.17, 15) is 24.5 Å². The zero-order chi connectivity index (χ0) is 19.9. The molecule has 0 fully saturated rings. The summed E-state index contributed by atoms with van der Waals surface area (Å²) >= 11 is 0. The van der Waals surface area contributed by atoms with Gasteiger partial charge in [-0.25, -0.2) is 9.59 Å². The van der Waals surface area contributed by atoms with Gasteiger partial charge in [0.25, 0.3) is 11.6 Å². The van der Waals surface area contributed by atoms with Crippen LogP contribution >= 0.6 is 0 Å². The van der Waals surface area contributed by atoms with E-state index in [-0.39, 0.29) is 17.3 Å². The standard InChI is InChI=1S/C16H22N4O6/c1-5-10(2)17-16(23)18-14(21)9-26-15(22)12-8-11(20(24)25)6-7-13(12)19(3)4/h6-8,10H,5,9H2,1-4H3,(H2,17,18,21,23)/t10-/m1/s1. The van der Waals surface area contributed by atoms with Crippen LogP contribution in [0.1, 0.15) is 30.6 Å². The molecule has 2 N–H and O–H groups in total. The van der Waals surface area contributed by atoms with E-state index in [0.717, 1.165) is 6.07 Å². The molecule has 0 saturated carbocycles. The highest BCUT2D eigenvalue weighted by molar-refractivity contribution is 5.99. The summed E-state index contributed by atoms with van der Waals surface area (Å²) in [6.45, 7) is 2.95. The summed E-state index contributed by atoms with van der Waals surface area (Å²) in [5.74, 6) is -1.72. The lowest BCUT2D eigenvalue weighted by atomic mass is 10.1. The van der Waals surface area contributed by atoms with Gasteiger partial charge >= 0.3 is 12.0 Å². The normalized spacial score (nSPS) is 11.2. The number of anilines is 1. The van der Waals surface area contributed by atoms with Crippen molar-refractivity contribution in [3.63, 3.8) is 0 Å². The van der Waals surface area contributed by atoms with Crippen molar-refractivity contribution in [1.82, 2.24) is 10.6 Å². The number of hydrogen-bond acceptors (Lipinski definition) is 7. The number of urea groups is 1. The third-order valence-electron chi connectivity index (χ3n) is 3.47. The van der Waals surface area contributed by atoms with Crippen molar-refractivity contribution in [1.29, 1.82) is 0 Å². The maximum absolute atomic E-state index is 12.2. The maximum Gasteiger partial charge on any atom is 0.341 e. The average molecular weight is 366 g/mol. The molecule has 26 heavy (non-hydrogen) atoms. The van der Waals surface area contributed by atoms with E-state index in [2.05, 4.69) is 5.32 Å². The van der Waals surface area contributed by atoms with Crippen molar-refractivity contribution in [3.05, 3.63) is 33.9 Å². The van der Waals surface area contributed by atoms with Crippen LogP contribution in [0.3, 0.4) is 0 Å². The molecule has 10 heteroatoms. The topological polar surface area (TPSA) is 131 Å². The molecule has 1 aromatic carbocycles. The summed E-state index contributed by atoms with van der Waals surface area (Å²) < 4.78 is 4.87. The lowest BCUT2D eigenvalue weighted by molar-refractivity contribution is -0.384. The van der Waals surface area contributed by atoms with Gasteiger partial charge in [0.15, 0.2) is 6.61 Å². The van der Waals surface area contributed by atoms with Gasteiger partial charge in [0, 0.05) is 32.3 Å². The number of nitrogens with one attached hydrogen (secondary N) is 2. The van der Waals surface area contributed by atoms with E-state index in [1.807, 2.05) is 12.2 Å². The molecule has 1 rings (SSSR count). The predicted molar refractivity (Wildman–Crippen MR) is 94.1 cm³/mol. The number of amides is 3. The number of carbonyl (C=O) groups excluding carboxylic acids is 3. The molecule has 0 spiro atoms. The number of hydrogen-bond donors (Lipinski definition) is 2. The van der Waals surface area contributed by atoms with Crippen LogP contribution in [-0.4, -0.2) is 49.6 Å². The van der Waals surface area contributed by atoms with Crippen LogP contribution in [0.5, 0.6) is 0 Å². The third-order valence-corrected chi connectivity index (χ3v) is 3.47. The number of ether oxygens (including phenoxy) is 1. The zero-order valence-electron chi connectivity index (χ0n) is 15.1. The van der Waals surface area contributed by atoms with Gasteiger partial charge in [-0.3, -0.25) is 20.2 Å². The fourth-order valence-corrected chi connectivity index (χ4v) is 1.92. The Kier molecular flexibility index (Phi) is 7.51. The number of imide groups is 1. The lowest BCUT2D eigenvalue weighted by Crippen LogP contribution is -2.44. The number of nitro groups is 1. The van der Waals surface area contributed by atoms with Gasteiger partial charge in [0.05, 0.1) is 16.2 Å². The fourth-order valence-electron chi connectivity index (χ4n) is 1.92. The van der Waals surface area contributed by atoms with Crippen molar-refractivity contribution in [2.24, 2.45) is 0 Å². The first-order chi connectivity index (χ1) is 12.1. The van der Waals surface area contributed by atoms with Crippen molar-refractivity contribution in [2.75, 3.05) is 25.6 Å². The van der Waals surface area contributed by atoms with Gasteiger partial charge in [0.2, 0.25) is 0 Å². The highest BCUT2D eigenvalue weighted by atomic mass is 16.6. The number of benzene rings is 1. The number of rotatable bonds is 7. The first kappa shape index (κ1) is 20.9. The van der Waals surface area contributed by atoms with E-state index < -0.39 is 29.4 Å². The second-order valence-electron chi connectivity index (χ2n) is 5.76. The number of carbonyl (C=O) groups is 3. The number of nitro benzene ring substituents is 1. The van der Waals surface area contributed by atoms with Crippen LogP contribution < -0.4 is 15.5 Å². The van der Waals surface area contributed by atoms with Crippen LogP contribution in [-0.2, 0) is 9.53 Å². The summed E-state index contributed by atoms with van der Waals surface area (Å²) in [5, 5.41) is 15.5. The van der Waals surface area contributed by atoms with E-state index in [4.69, 9.17) is 4.74 Å². The molecule has 1 atom stereocenters. The van der Waals surface area contributed by atoms with Gasteiger partial charge in [-0.2, -0.15) is 0 Å². The number of non-ortho nitro benzene ring substituents is 1. The quantitative estimate of drug-likeness (QED) is 0.424. The second-order valence-corrected chi connectivity index (χ2v) is 5.76. The molecule has 3 amide bonds. The van der Waals surface area contributed by atoms with Crippen LogP contribution in [0, 0.1) is 10.1 Å². The summed E-state index contributed by atoms with van der Waals surface area (Å²) in [5.41, 5.74) is 0.0662. The molecular formula is C16H22N4O6. The van der Waals surface area contributed by atoms with Gasteiger partial charge in [-0.15, -0.1) is 0 Å². The van der Waals surface area contributed by atoms with E-state index >= 15 is 0 Å². The number of esters is 1. The van der Waals surface area contributed by atoms with Crippen LogP contribution in [0.2, 0.25) is 0 Å².